The van der Waals surface area contributed by atoms with E-state index in [1.165, 1.54) is 96.3 Å². The van der Waals surface area contributed by atoms with Crippen molar-refractivity contribution >= 4 is 39.5 Å². The maximum atomic E-state index is 13.0. The summed E-state index contributed by atoms with van der Waals surface area (Å²) in [4.78, 5) is 72.2. The second-order valence-corrected chi connectivity index (χ2v) is 27.0. The molecule has 0 amide bonds. The summed E-state index contributed by atoms with van der Waals surface area (Å²) >= 11 is 0. The predicted octanol–water partition coefficient (Wildman–Crippen LogP) is 18.0. The van der Waals surface area contributed by atoms with Crippen molar-refractivity contribution in [1.29, 1.82) is 0 Å². The van der Waals surface area contributed by atoms with E-state index in [1.54, 1.807) is 0 Å². The van der Waals surface area contributed by atoms with Crippen LogP contribution in [0.1, 0.15) is 305 Å². The van der Waals surface area contributed by atoms with Gasteiger partial charge in [-0.1, -0.05) is 252 Å². The zero-order valence-corrected chi connectivity index (χ0v) is 56.2. The summed E-state index contributed by atoms with van der Waals surface area (Å²) in [6, 6.07) is 0. The van der Waals surface area contributed by atoms with Crippen molar-refractivity contribution in [2.45, 2.75) is 323 Å². The lowest BCUT2D eigenvalue weighted by Gasteiger charge is -2.21. The van der Waals surface area contributed by atoms with Gasteiger partial charge >= 0.3 is 39.5 Å². The molecule has 17 nitrogen and oxygen atoms in total. The summed E-state index contributed by atoms with van der Waals surface area (Å²) in [6.45, 7) is 9.34. The maximum Gasteiger partial charge on any atom is 0.472 e. The fourth-order valence-corrected chi connectivity index (χ4v) is 10.9. The first kappa shape index (κ1) is 82.5. The molecule has 0 radical (unpaired) electrons. The number of carbonyl (C=O) groups is 4. The molecule has 0 aromatic rings. The van der Waals surface area contributed by atoms with Crippen LogP contribution in [0.3, 0.4) is 0 Å². The number of carbonyl (C=O) groups excluding carboxylic acids is 4. The first-order valence-electron chi connectivity index (χ1n) is 33.8. The normalized spacial score (nSPS) is 14.4. The Labute approximate surface area is 516 Å². The lowest BCUT2D eigenvalue weighted by atomic mass is 10.0. The topological polar surface area (TPSA) is 237 Å². The number of aliphatic hydroxyl groups excluding tert-OH is 1. The number of aliphatic hydroxyl groups is 1. The Kier molecular flexibility index (Phi) is 56.3. The summed E-state index contributed by atoms with van der Waals surface area (Å²) in [6.07, 6.45) is 44.1. The first-order chi connectivity index (χ1) is 40.9. The van der Waals surface area contributed by atoms with E-state index in [2.05, 4.69) is 65.8 Å². The quantitative estimate of drug-likeness (QED) is 0.0169. The molecule has 5 atom stereocenters. The number of phosphoric ester groups is 2. The summed E-state index contributed by atoms with van der Waals surface area (Å²) in [7, 11) is -9.90. The molecule has 0 fully saturated rings. The molecule has 0 rings (SSSR count). The number of unbranched alkanes of at least 4 members (excludes halogenated alkanes) is 30. The van der Waals surface area contributed by atoms with Gasteiger partial charge in [-0.15, -0.1) is 0 Å². The van der Waals surface area contributed by atoms with Crippen LogP contribution in [0.2, 0.25) is 0 Å². The van der Waals surface area contributed by atoms with Crippen LogP contribution in [0, 0.1) is 11.8 Å². The molecule has 0 aliphatic rings. The van der Waals surface area contributed by atoms with E-state index < -0.39 is 97.5 Å². The second kappa shape index (κ2) is 57.9. The molecule has 0 aromatic carbocycles. The van der Waals surface area contributed by atoms with Crippen LogP contribution in [0.25, 0.3) is 0 Å². The molecule has 500 valence electrons. The van der Waals surface area contributed by atoms with Crippen molar-refractivity contribution in [3.05, 3.63) is 24.3 Å². The van der Waals surface area contributed by atoms with Gasteiger partial charge in [0.2, 0.25) is 0 Å². The summed E-state index contributed by atoms with van der Waals surface area (Å²) < 4.78 is 67.9. The van der Waals surface area contributed by atoms with Gasteiger partial charge in [-0.05, 0) is 63.2 Å². The van der Waals surface area contributed by atoms with Crippen molar-refractivity contribution in [3.8, 4) is 0 Å². The average molecular weight is 1250 g/mol. The molecule has 0 saturated carbocycles. The van der Waals surface area contributed by atoms with Crippen LogP contribution >= 0.6 is 15.6 Å². The third kappa shape index (κ3) is 60.2. The maximum absolute atomic E-state index is 13.0. The average Bonchev–Trinajstić information content (AvgIpc) is 3.58. The summed E-state index contributed by atoms with van der Waals surface area (Å²) in [5.41, 5.74) is 0. The highest BCUT2D eigenvalue weighted by molar-refractivity contribution is 7.47. The van der Waals surface area contributed by atoms with Crippen LogP contribution in [0.4, 0.5) is 0 Å². The van der Waals surface area contributed by atoms with Gasteiger partial charge in [0.25, 0.3) is 0 Å². The molecule has 0 heterocycles. The van der Waals surface area contributed by atoms with Crippen LogP contribution in [0.15, 0.2) is 24.3 Å². The van der Waals surface area contributed by atoms with E-state index in [1.807, 2.05) is 0 Å². The molecule has 19 heteroatoms. The molecule has 0 saturated heterocycles. The van der Waals surface area contributed by atoms with Crippen LogP contribution in [-0.2, 0) is 65.4 Å². The molecular weight excluding hydrogens is 1130 g/mol. The number of allylic oxidation sites excluding steroid dienone is 4. The van der Waals surface area contributed by atoms with E-state index in [4.69, 9.17) is 37.0 Å². The number of hydrogen-bond acceptors (Lipinski definition) is 15. The highest BCUT2D eigenvalue weighted by Crippen LogP contribution is 2.45. The molecule has 2 unspecified atom stereocenters. The SMILES string of the molecule is CCCCCC/C=C\C=C/CCCCCCCC(=O)O[C@H](COC(=O)CCCCCCCCCCCC(C)C)COP(=O)(O)OC[C@@H](O)COP(=O)(O)OC[C@@H](COC(=O)CCCCCCCCC)OC(=O)CCCCCCCCCCC(C)C. The Balaban J connectivity index is 5.26. The van der Waals surface area contributed by atoms with Gasteiger partial charge in [-0.25, -0.2) is 9.13 Å². The monoisotopic (exact) mass is 1250 g/mol. The number of hydrogen-bond donors (Lipinski definition) is 3. The largest absolute Gasteiger partial charge is 0.472 e. The smallest absolute Gasteiger partial charge is 0.462 e. The third-order valence-electron chi connectivity index (χ3n) is 14.6. The Morgan fingerprint density at radius 2 is 0.635 bits per heavy atom. The predicted molar refractivity (Wildman–Crippen MR) is 340 cm³/mol. The molecule has 0 aromatic heterocycles. The number of esters is 4. The van der Waals surface area contributed by atoms with Crippen molar-refractivity contribution in [1.82, 2.24) is 0 Å². The van der Waals surface area contributed by atoms with Crippen molar-refractivity contribution in [2.75, 3.05) is 39.6 Å². The Morgan fingerprint density at radius 3 is 0.965 bits per heavy atom. The minimum atomic E-state index is -4.95. The van der Waals surface area contributed by atoms with Crippen LogP contribution < -0.4 is 0 Å². The number of ether oxygens (including phenoxy) is 4. The highest BCUT2D eigenvalue weighted by Gasteiger charge is 2.30. The molecule has 0 bridgehead atoms. The molecule has 0 spiro atoms. The zero-order chi connectivity index (χ0) is 62.9. The fourth-order valence-electron chi connectivity index (χ4n) is 9.34. The van der Waals surface area contributed by atoms with Gasteiger partial charge in [0.05, 0.1) is 26.4 Å². The van der Waals surface area contributed by atoms with E-state index >= 15 is 0 Å². The van der Waals surface area contributed by atoms with Gasteiger partial charge in [0.1, 0.15) is 19.3 Å². The number of rotatable bonds is 63. The molecule has 85 heavy (non-hydrogen) atoms. The number of phosphoric acid groups is 2. The van der Waals surface area contributed by atoms with Gasteiger partial charge in [0, 0.05) is 25.7 Å². The summed E-state index contributed by atoms with van der Waals surface area (Å²) in [5.74, 6) is -0.709. The van der Waals surface area contributed by atoms with E-state index in [-0.39, 0.29) is 25.7 Å². The molecule has 0 aliphatic carbocycles. The Bertz CT molecular complexity index is 1760. The van der Waals surface area contributed by atoms with Crippen molar-refractivity contribution in [2.24, 2.45) is 11.8 Å². The van der Waals surface area contributed by atoms with Crippen LogP contribution in [0.5, 0.6) is 0 Å². The van der Waals surface area contributed by atoms with Gasteiger partial charge in [-0.2, -0.15) is 0 Å². The van der Waals surface area contributed by atoms with Crippen LogP contribution in [-0.4, -0.2) is 96.7 Å². The summed E-state index contributed by atoms with van der Waals surface area (Å²) in [5, 5.41) is 10.5. The lowest BCUT2D eigenvalue weighted by Crippen LogP contribution is -2.30. The van der Waals surface area contributed by atoms with E-state index in [0.717, 1.165) is 127 Å². The standard InChI is InChI=1S/C66H124O17P2/c1-7-9-11-13-15-16-17-18-19-20-21-24-32-38-44-50-65(70)82-62(55-77-64(69)49-43-37-31-25-22-23-29-34-40-46-58(3)4)57-81-85(74,75)79-53-60(67)52-78-84(72,73)80-56-61(54-76-63(68)48-42-36-28-14-12-10-8-2)83-66(71)51-45-39-33-27-26-30-35-41-47-59(5)6/h16-19,58-62,67H,7-15,20-57H2,1-6H3,(H,72,73)(H,74,75)/b17-16-,19-18-/t60-,61+,62+/m0/s1. The fraction of sp³-hybridized carbons (Fsp3) is 0.879. The molecular formula is C66H124O17P2. The zero-order valence-electron chi connectivity index (χ0n) is 54.4. The van der Waals surface area contributed by atoms with E-state index in [9.17, 15) is 43.2 Å². The van der Waals surface area contributed by atoms with E-state index in [0.29, 0.717) is 25.7 Å². The van der Waals surface area contributed by atoms with Crippen molar-refractivity contribution < 1.29 is 80.2 Å². The van der Waals surface area contributed by atoms with Gasteiger partial charge < -0.3 is 33.8 Å². The van der Waals surface area contributed by atoms with Gasteiger partial charge in [0.15, 0.2) is 12.2 Å². The molecule has 0 aliphatic heterocycles. The minimum absolute atomic E-state index is 0.0843. The Hall–Kier alpha value is -2.46. The van der Waals surface area contributed by atoms with Gasteiger partial charge in [-0.3, -0.25) is 37.3 Å². The lowest BCUT2D eigenvalue weighted by molar-refractivity contribution is -0.161. The molecule has 3 N–H and O–H groups in total. The minimum Gasteiger partial charge on any atom is -0.462 e. The van der Waals surface area contributed by atoms with Crippen molar-refractivity contribution in [3.63, 3.8) is 0 Å². The Morgan fingerprint density at radius 1 is 0.365 bits per heavy atom. The highest BCUT2D eigenvalue weighted by atomic mass is 31.2. The second-order valence-electron chi connectivity index (χ2n) is 24.1. The third-order valence-corrected chi connectivity index (χ3v) is 16.5. The first-order valence-corrected chi connectivity index (χ1v) is 36.8.